The minimum Gasteiger partial charge on any atom is -0.486 e. The molecule has 0 spiro atoms. The van der Waals surface area contributed by atoms with Crippen molar-refractivity contribution in [2.24, 2.45) is 16.9 Å². The lowest BCUT2D eigenvalue weighted by Crippen LogP contribution is -2.30. The summed E-state index contributed by atoms with van der Waals surface area (Å²) in [6.45, 7) is 3.94. The molecule has 0 bridgehead atoms. The van der Waals surface area contributed by atoms with E-state index in [1.54, 1.807) is 0 Å². The Kier molecular flexibility index (Phi) is 2.72. The molecule has 4 heteroatoms. The van der Waals surface area contributed by atoms with Gasteiger partial charge in [0, 0.05) is 11.5 Å². The van der Waals surface area contributed by atoms with Crippen molar-refractivity contribution in [3.8, 4) is 11.5 Å². The lowest BCUT2D eigenvalue weighted by Gasteiger charge is -2.26. The number of aryl methyl sites for hydroxylation is 1. The quantitative estimate of drug-likeness (QED) is 0.850. The third-order valence-corrected chi connectivity index (χ3v) is 4.22. The van der Waals surface area contributed by atoms with Gasteiger partial charge in [0.2, 0.25) is 0 Å². The Labute approximate surface area is 107 Å². The second kappa shape index (κ2) is 4.14. The van der Waals surface area contributed by atoms with Crippen molar-refractivity contribution in [3.05, 3.63) is 23.3 Å². The first-order valence-corrected chi connectivity index (χ1v) is 6.52. The van der Waals surface area contributed by atoms with E-state index in [2.05, 4.69) is 6.92 Å². The van der Waals surface area contributed by atoms with Gasteiger partial charge in [0.15, 0.2) is 11.5 Å². The van der Waals surface area contributed by atoms with Gasteiger partial charge < -0.3 is 20.9 Å². The maximum atomic E-state index is 6.40. The highest BCUT2D eigenvalue weighted by molar-refractivity contribution is 5.49. The highest BCUT2D eigenvalue weighted by Crippen LogP contribution is 2.54. The molecule has 2 aliphatic rings. The summed E-state index contributed by atoms with van der Waals surface area (Å²) in [6.07, 6.45) is 2.25. The molecule has 1 heterocycles. The van der Waals surface area contributed by atoms with Gasteiger partial charge in [0.05, 0.1) is 0 Å². The Hall–Kier alpha value is -1.26. The first-order chi connectivity index (χ1) is 8.66. The average molecular weight is 248 g/mol. The predicted molar refractivity (Wildman–Crippen MR) is 69.8 cm³/mol. The standard InChI is InChI=1S/C14H20N2O2/c1-9-6-11-12(18-5-4-17-11)7-10(9)13(16)14(8-15)2-3-14/h6-7,13H,2-5,8,15-16H2,1H3. The highest BCUT2D eigenvalue weighted by atomic mass is 16.6. The van der Waals surface area contributed by atoms with E-state index in [1.165, 1.54) is 0 Å². The summed E-state index contributed by atoms with van der Waals surface area (Å²) in [7, 11) is 0. The van der Waals surface area contributed by atoms with E-state index >= 15 is 0 Å². The van der Waals surface area contributed by atoms with Crippen molar-refractivity contribution in [3.63, 3.8) is 0 Å². The Morgan fingerprint density at radius 3 is 2.39 bits per heavy atom. The van der Waals surface area contributed by atoms with Gasteiger partial charge in [-0.25, -0.2) is 0 Å². The molecule has 0 aromatic heterocycles. The molecule has 0 radical (unpaired) electrons. The summed E-state index contributed by atoms with van der Waals surface area (Å²) in [4.78, 5) is 0. The Bertz CT molecular complexity index is 469. The third kappa shape index (κ3) is 1.76. The van der Waals surface area contributed by atoms with Crippen LogP contribution in [0, 0.1) is 12.3 Å². The molecule has 1 aliphatic heterocycles. The van der Waals surface area contributed by atoms with E-state index in [9.17, 15) is 0 Å². The molecule has 0 amide bonds. The zero-order valence-corrected chi connectivity index (χ0v) is 10.7. The van der Waals surface area contributed by atoms with Crippen LogP contribution in [0.25, 0.3) is 0 Å². The molecule has 4 nitrogen and oxygen atoms in total. The van der Waals surface area contributed by atoms with E-state index in [1.807, 2.05) is 12.1 Å². The smallest absolute Gasteiger partial charge is 0.161 e. The lowest BCUT2D eigenvalue weighted by molar-refractivity contribution is 0.171. The van der Waals surface area contributed by atoms with Crippen LogP contribution in [-0.4, -0.2) is 19.8 Å². The first-order valence-electron chi connectivity index (χ1n) is 6.52. The van der Waals surface area contributed by atoms with E-state index in [-0.39, 0.29) is 11.5 Å². The normalized spacial score (nSPS) is 21.5. The zero-order chi connectivity index (χ0) is 12.8. The second-order valence-electron chi connectivity index (χ2n) is 5.40. The van der Waals surface area contributed by atoms with Crippen LogP contribution < -0.4 is 20.9 Å². The molecule has 98 valence electrons. The van der Waals surface area contributed by atoms with Crippen LogP contribution in [0.3, 0.4) is 0 Å². The molecule has 1 saturated carbocycles. The van der Waals surface area contributed by atoms with Gasteiger partial charge in [-0.2, -0.15) is 0 Å². The lowest BCUT2D eigenvalue weighted by atomic mass is 9.88. The number of hydrogen-bond acceptors (Lipinski definition) is 4. The van der Waals surface area contributed by atoms with Crippen molar-refractivity contribution in [1.29, 1.82) is 0 Å². The predicted octanol–water partition coefficient (Wildman–Crippen LogP) is 1.50. The van der Waals surface area contributed by atoms with Crippen molar-refractivity contribution >= 4 is 0 Å². The van der Waals surface area contributed by atoms with Crippen LogP contribution in [0.15, 0.2) is 12.1 Å². The molecular formula is C14H20N2O2. The van der Waals surface area contributed by atoms with Crippen LogP contribution in [-0.2, 0) is 0 Å². The molecule has 1 aromatic carbocycles. The molecule has 3 rings (SSSR count). The van der Waals surface area contributed by atoms with Crippen LogP contribution >= 0.6 is 0 Å². The van der Waals surface area contributed by atoms with Gasteiger partial charge in [0.25, 0.3) is 0 Å². The maximum absolute atomic E-state index is 6.40. The largest absolute Gasteiger partial charge is 0.486 e. The summed E-state index contributed by atoms with van der Waals surface area (Å²) in [5, 5.41) is 0. The number of nitrogens with two attached hydrogens (primary N) is 2. The minimum absolute atomic E-state index is 0.00155. The minimum atomic E-state index is -0.00155. The van der Waals surface area contributed by atoms with E-state index in [0.29, 0.717) is 19.8 Å². The second-order valence-corrected chi connectivity index (χ2v) is 5.40. The van der Waals surface area contributed by atoms with Crippen LogP contribution in [0.2, 0.25) is 0 Å². The Morgan fingerprint density at radius 1 is 1.22 bits per heavy atom. The summed E-state index contributed by atoms with van der Waals surface area (Å²) >= 11 is 0. The molecule has 1 atom stereocenters. The maximum Gasteiger partial charge on any atom is 0.161 e. The molecule has 1 aliphatic carbocycles. The van der Waals surface area contributed by atoms with Gasteiger partial charge in [-0.15, -0.1) is 0 Å². The summed E-state index contributed by atoms with van der Waals surface area (Å²) < 4.78 is 11.2. The van der Waals surface area contributed by atoms with Crippen LogP contribution in [0.4, 0.5) is 0 Å². The molecule has 1 unspecified atom stereocenters. The highest BCUT2D eigenvalue weighted by Gasteiger charge is 2.47. The molecule has 18 heavy (non-hydrogen) atoms. The van der Waals surface area contributed by atoms with E-state index in [0.717, 1.165) is 35.5 Å². The van der Waals surface area contributed by atoms with Gasteiger partial charge in [-0.05, 0) is 49.6 Å². The van der Waals surface area contributed by atoms with Crippen molar-refractivity contribution < 1.29 is 9.47 Å². The first kappa shape index (κ1) is 11.8. The van der Waals surface area contributed by atoms with Gasteiger partial charge in [-0.1, -0.05) is 0 Å². The Balaban J connectivity index is 1.96. The van der Waals surface area contributed by atoms with Crippen LogP contribution in [0.1, 0.15) is 30.0 Å². The summed E-state index contributed by atoms with van der Waals surface area (Å²) in [6, 6.07) is 4.05. The molecule has 4 N–H and O–H groups in total. The topological polar surface area (TPSA) is 70.5 Å². The molecule has 0 saturated heterocycles. The van der Waals surface area contributed by atoms with E-state index in [4.69, 9.17) is 20.9 Å². The Morgan fingerprint density at radius 2 is 1.83 bits per heavy atom. The van der Waals surface area contributed by atoms with Crippen molar-refractivity contribution in [1.82, 2.24) is 0 Å². The van der Waals surface area contributed by atoms with Crippen LogP contribution in [0.5, 0.6) is 11.5 Å². The monoisotopic (exact) mass is 248 g/mol. The SMILES string of the molecule is Cc1cc2c(cc1C(N)C1(CN)CC1)OCCO2. The van der Waals surface area contributed by atoms with E-state index < -0.39 is 0 Å². The van der Waals surface area contributed by atoms with Crippen molar-refractivity contribution in [2.45, 2.75) is 25.8 Å². The average Bonchev–Trinajstić information content (AvgIpc) is 3.18. The number of rotatable bonds is 3. The zero-order valence-electron chi connectivity index (χ0n) is 10.7. The number of ether oxygens (including phenoxy) is 2. The molecule has 1 fully saturated rings. The molecular weight excluding hydrogens is 228 g/mol. The number of benzene rings is 1. The number of fused-ring (bicyclic) bond motifs is 1. The number of hydrogen-bond donors (Lipinski definition) is 2. The van der Waals surface area contributed by atoms with Gasteiger partial charge >= 0.3 is 0 Å². The third-order valence-electron chi connectivity index (χ3n) is 4.22. The molecule has 1 aromatic rings. The summed E-state index contributed by atoms with van der Waals surface area (Å²) in [5.74, 6) is 1.64. The van der Waals surface area contributed by atoms with Crippen molar-refractivity contribution in [2.75, 3.05) is 19.8 Å². The fourth-order valence-corrected chi connectivity index (χ4v) is 2.67. The fraction of sp³-hybridized carbons (Fsp3) is 0.571. The van der Waals surface area contributed by atoms with Gasteiger partial charge in [-0.3, -0.25) is 0 Å². The van der Waals surface area contributed by atoms with Gasteiger partial charge in [0.1, 0.15) is 13.2 Å². The summed E-state index contributed by atoms with van der Waals surface area (Å²) in [5.41, 5.74) is 14.7. The fourth-order valence-electron chi connectivity index (χ4n) is 2.67.